The van der Waals surface area contributed by atoms with Crippen LogP contribution in [0.2, 0.25) is 0 Å². The SMILES string of the molecule is Cc1nn(C)c(C)c1NC(=O)COC(=O)COc1ccc2c(C)cc(=O)oc2c1. The zero-order valence-electron chi connectivity index (χ0n) is 16.6. The van der Waals surface area contributed by atoms with Crippen molar-refractivity contribution in [1.82, 2.24) is 9.78 Å². The molecular weight excluding hydrogens is 378 g/mol. The van der Waals surface area contributed by atoms with Crippen molar-refractivity contribution < 1.29 is 23.5 Å². The number of fused-ring (bicyclic) bond motifs is 1. The monoisotopic (exact) mass is 399 g/mol. The summed E-state index contributed by atoms with van der Waals surface area (Å²) in [6.45, 7) is 4.57. The number of nitrogens with zero attached hydrogens (tertiary/aromatic N) is 2. The minimum Gasteiger partial charge on any atom is -0.482 e. The normalized spacial score (nSPS) is 10.8. The highest BCUT2D eigenvalue weighted by molar-refractivity contribution is 5.93. The maximum Gasteiger partial charge on any atom is 0.344 e. The van der Waals surface area contributed by atoms with Gasteiger partial charge < -0.3 is 19.2 Å². The molecule has 9 nitrogen and oxygen atoms in total. The number of carbonyl (C=O) groups excluding carboxylic acids is 2. The highest BCUT2D eigenvalue weighted by atomic mass is 16.6. The molecule has 0 spiro atoms. The van der Waals surface area contributed by atoms with E-state index < -0.39 is 24.1 Å². The quantitative estimate of drug-likeness (QED) is 0.498. The molecule has 0 saturated heterocycles. The van der Waals surface area contributed by atoms with Crippen LogP contribution >= 0.6 is 0 Å². The first kappa shape index (κ1) is 20.1. The van der Waals surface area contributed by atoms with Crippen LogP contribution in [0.4, 0.5) is 5.69 Å². The van der Waals surface area contributed by atoms with Crippen LogP contribution in [-0.4, -0.2) is 34.9 Å². The standard InChI is InChI=1S/C20H21N3O6/c1-11-7-18(25)29-16-8-14(5-6-15(11)16)27-10-19(26)28-9-17(24)21-20-12(2)22-23(4)13(20)3/h5-8H,9-10H2,1-4H3,(H,21,24). The predicted molar refractivity (Wildman–Crippen MR) is 105 cm³/mol. The molecule has 0 fully saturated rings. The lowest BCUT2D eigenvalue weighted by Crippen LogP contribution is -2.24. The summed E-state index contributed by atoms with van der Waals surface area (Å²) >= 11 is 0. The third-order valence-corrected chi connectivity index (χ3v) is 4.42. The Morgan fingerprint density at radius 3 is 2.62 bits per heavy atom. The molecule has 2 aromatic heterocycles. The molecule has 1 aromatic carbocycles. The molecule has 29 heavy (non-hydrogen) atoms. The fourth-order valence-electron chi connectivity index (χ4n) is 2.86. The number of aryl methyl sites for hydroxylation is 3. The average Bonchev–Trinajstić information content (AvgIpc) is 2.90. The number of nitrogens with one attached hydrogen (secondary N) is 1. The van der Waals surface area contributed by atoms with Crippen LogP contribution in [0.5, 0.6) is 5.75 Å². The molecular formula is C20H21N3O6. The van der Waals surface area contributed by atoms with Gasteiger partial charge in [-0.15, -0.1) is 0 Å². The number of esters is 1. The van der Waals surface area contributed by atoms with Crippen LogP contribution in [0.3, 0.4) is 0 Å². The molecule has 0 aliphatic heterocycles. The molecule has 2 heterocycles. The van der Waals surface area contributed by atoms with Gasteiger partial charge in [0.2, 0.25) is 0 Å². The van der Waals surface area contributed by atoms with Crippen molar-refractivity contribution in [1.29, 1.82) is 0 Å². The fourth-order valence-corrected chi connectivity index (χ4v) is 2.86. The van der Waals surface area contributed by atoms with E-state index in [-0.39, 0.29) is 6.61 Å². The van der Waals surface area contributed by atoms with Crippen LogP contribution in [0.15, 0.2) is 33.5 Å². The van der Waals surface area contributed by atoms with Gasteiger partial charge in [-0.3, -0.25) is 9.48 Å². The first-order chi connectivity index (χ1) is 13.7. The van der Waals surface area contributed by atoms with E-state index in [1.165, 1.54) is 12.1 Å². The molecule has 0 aliphatic carbocycles. The highest BCUT2D eigenvalue weighted by Crippen LogP contribution is 2.22. The molecule has 0 aliphatic rings. The van der Waals surface area contributed by atoms with Crippen molar-refractivity contribution >= 4 is 28.5 Å². The number of hydrogen-bond acceptors (Lipinski definition) is 7. The average molecular weight is 399 g/mol. The van der Waals surface area contributed by atoms with Crippen molar-refractivity contribution in [2.45, 2.75) is 20.8 Å². The molecule has 0 radical (unpaired) electrons. The Balaban J connectivity index is 1.53. The smallest absolute Gasteiger partial charge is 0.344 e. The Morgan fingerprint density at radius 1 is 1.17 bits per heavy atom. The number of benzene rings is 1. The summed E-state index contributed by atoms with van der Waals surface area (Å²) in [6.07, 6.45) is 0. The largest absolute Gasteiger partial charge is 0.482 e. The maximum atomic E-state index is 12.0. The van der Waals surface area contributed by atoms with Gasteiger partial charge >= 0.3 is 11.6 Å². The Morgan fingerprint density at radius 2 is 1.93 bits per heavy atom. The van der Waals surface area contributed by atoms with Crippen molar-refractivity contribution in [3.8, 4) is 5.75 Å². The second-order valence-corrected chi connectivity index (χ2v) is 6.57. The molecule has 3 rings (SSSR count). The fraction of sp³-hybridized carbons (Fsp3) is 0.300. The van der Waals surface area contributed by atoms with Gasteiger partial charge in [0.1, 0.15) is 11.3 Å². The number of ether oxygens (including phenoxy) is 2. The van der Waals surface area contributed by atoms with Gasteiger partial charge in [0, 0.05) is 24.6 Å². The molecule has 152 valence electrons. The number of anilines is 1. The van der Waals surface area contributed by atoms with E-state index in [1.54, 1.807) is 37.7 Å². The summed E-state index contributed by atoms with van der Waals surface area (Å²) in [5, 5.41) is 7.65. The summed E-state index contributed by atoms with van der Waals surface area (Å²) in [7, 11) is 1.77. The van der Waals surface area contributed by atoms with Crippen molar-refractivity contribution in [2.75, 3.05) is 18.5 Å². The lowest BCUT2D eigenvalue weighted by molar-refractivity contribution is -0.149. The highest BCUT2D eigenvalue weighted by Gasteiger charge is 2.14. The van der Waals surface area contributed by atoms with Crippen LogP contribution in [0.25, 0.3) is 11.0 Å². The minimum atomic E-state index is -0.703. The third kappa shape index (κ3) is 4.63. The molecule has 1 N–H and O–H groups in total. The third-order valence-electron chi connectivity index (χ3n) is 4.42. The number of carbonyl (C=O) groups is 2. The lowest BCUT2D eigenvalue weighted by atomic mass is 10.1. The zero-order valence-corrected chi connectivity index (χ0v) is 16.6. The van der Waals surface area contributed by atoms with Crippen LogP contribution in [-0.2, 0) is 21.4 Å². The summed E-state index contributed by atoms with van der Waals surface area (Å²) in [5.41, 5.74) is 2.75. The Kier molecular flexibility index (Phi) is 5.67. The van der Waals surface area contributed by atoms with E-state index in [0.29, 0.717) is 22.7 Å². The number of rotatable bonds is 6. The van der Waals surface area contributed by atoms with Gasteiger partial charge in [-0.25, -0.2) is 9.59 Å². The Hall–Kier alpha value is -3.62. The summed E-state index contributed by atoms with van der Waals surface area (Å²) in [6, 6.07) is 6.32. The molecule has 0 saturated carbocycles. The molecule has 0 atom stereocenters. The topological polar surface area (TPSA) is 113 Å². The van der Waals surface area contributed by atoms with E-state index in [2.05, 4.69) is 10.4 Å². The number of amides is 1. The number of hydrogen-bond donors (Lipinski definition) is 1. The van der Waals surface area contributed by atoms with Gasteiger partial charge in [-0.1, -0.05) is 0 Å². The first-order valence-corrected chi connectivity index (χ1v) is 8.87. The van der Waals surface area contributed by atoms with Crippen molar-refractivity contribution in [3.05, 3.63) is 51.6 Å². The van der Waals surface area contributed by atoms with E-state index in [1.807, 2.05) is 6.92 Å². The molecule has 3 aromatic rings. The lowest BCUT2D eigenvalue weighted by Gasteiger charge is -2.09. The molecule has 0 bridgehead atoms. The van der Waals surface area contributed by atoms with E-state index in [0.717, 1.165) is 16.6 Å². The summed E-state index contributed by atoms with van der Waals surface area (Å²) in [5.74, 6) is -0.833. The van der Waals surface area contributed by atoms with Gasteiger partial charge in [-0.05, 0) is 38.5 Å². The molecule has 9 heteroatoms. The zero-order chi connectivity index (χ0) is 21.1. The molecule has 1 amide bonds. The van der Waals surface area contributed by atoms with E-state index in [9.17, 15) is 14.4 Å². The second-order valence-electron chi connectivity index (χ2n) is 6.57. The number of aromatic nitrogens is 2. The van der Waals surface area contributed by atoms with Crippen LogP contribution in [0.1, 0.15) is 17.0 Å². The predicted octanol–water partition coefficient (Wildman–Crippen LogP) is 2.01. The van der Waals surface area contributed by atoms with Gasteiger partial charge in [0.05, 0.1) is 17.1 Å². The second kappa shape index (κ2) is 8.17. The maximum absolute atomic E-state index is 12.0. The van der Waals surface area contributed by atoms with Crippen LogP contribution in [0, 0.1) is 20.8 Å². The minimum absolute atomic E-state index is 0.342. The van der Waals surface area contributed by atoms with E-state index in [4.69, 9.17) is 13.9 Å². The van der Waals surface area contributed by atoms with Crippen molar-refractivity contribution in [3.63, 3.8) is 0 Å². The van der Waals surface area contributed by atoms with Crippen LogP contribution < -0.4 is 15.7 Å². The van der Waals surface area contributed by atoms with E-state index >= 15 is 0 Å². The summed E-state index contributed by atoms with van der Waals surface area (Å²) in [4.78, 5) is 35.4. The van der Waals surface area contributed by atoms with Gasteiger partial charge in [0.15, 0.2) is 13.2 Å². The molecule has 0 unspecified atom stereocenters. The van der Waals surface area contributed by atoms with Crippen molar-refractivity contribution in [2.24, 2.45) is 7.05 Å². The first-order valence-electron chi connectivity index (χ1n) is 8.87. The summed E-state index contributed by atoms with van der Waals surface area (Å²) < 4.78 is 17.1. The Labute approximate surface area is 166 Å². The van der Waals surface area contributed by atoms with Gasteiger partial charge in [-0.2, -0.15) is 5.10 Å². The van der Waals surface area contributed by atoms with Gasteiger partial charge in [0.25, 0.3) is 5.91 Å². The Bertz CT molecular complexity index is 1150.